The molecule has 2 rings (SSSR count). The van der Waals surface area contributed by atoms with Gasteiger partial charge in [0.25, 0.3) is 0 Å². The van der Waals surface area contributed by atoms with Crippen LogP contribution in [0.2, 0.25) is 0 Å². The van der Waals surface area contributed by atoms with Crippen molar-refractivity contribution in [2.75, 3.05) is 0 Å². The highest BCUT2D eigenvalue weighted by atomic mass is 16.4. The van der Waals surface area contributed by atoms with Gasteiger partial charge in [0.1, 0.15) is 5.76 Å². The van der Waals surface area contributed by atoms with Crippen LogP contribution in [0.25, 0.3) is 10.8 Å². The van der Waals surface area contributed by atoms with Crippen molar-refractivity contribution < 1.29 is 4.42 Å². The summed E-state index contributed by atoms with van der Waals surface area (Å²) in [5, 5.41) is 1.65. The standard InChI is InChI=1S/C23H30O2/c1-2-3-4-5-6-7-8-9-10-11-12-13-17-21-19-20-16-14-15-18-22(20)23(24)25-21/h14-16,18-19H,2-4,7-13,17H2,1H3. The van der Waals surface area contributed by atoms with Crippen LogP contribution in [0, 0.1) is 11.8 Å². The van der Waals surface area contributed by atoms with Gasteiger partial charge in [-0.1, -0.05) is 57.2 Å². The Balaban J connectivity index is 1.57. The monoisotopic (exact) mass is 338 g/mol. The lowest BCUT2D eigenvalue weighted by Crippen LogP contribution is -2.02. The largest absolute Gasteiger partial charge is 0.427 e. The average Bonchev–Trinajstić information content (AvgIpc) is 2.63. The molecule has 1 aromatic heterocycles. The first-order valence-corrected chi connectivity index (χ1v) is 9.78. The lowest BCUT2D eigenvalue weighted by molar-refractivity contribution is 0.455. The molecule has 2 nitrogen and oxygen atoms in total. The van der Waals surface area contributed by atoms with Crippen LogP contribution in [0.4, 0.5) is 0 Å². The van der Waals surface area contributed by atoms with E-state index in [0.29, 0.717) is 5.39 Å². The van der Waals surface area contributed by atoms with E-state index in [2.05, 4.69) is 18.8 Å². The van der Waals surface area contributed by atoms with Crippen LogP contribution < -0.4 is 5.63 Å². The van der Waals surface area contributed by atoms with Gasteiger partial charge in [0.15, 0.2) is 0 Å². The molecule has 1 heterocycles. The molecule has 0 saturated heterocycles. The second kappa shape index (κ2) is 11.5. The van der Waals surface area contributed by atoms with Crippen LogP contribution in [0.3, 0.4) is 0 Å². The van der Waals surface area contributed by atoms with Gasteiger partial charge in [-0.05, 0) is 36.8 Å². The van der Waals surface area contributed by atoms with Crippen molar-refractivity contribution in [2.45, 2.75) is 77.6 Å². The summed E-state index contributed by atoms with van der Waals surface area (Å²) in [6.45, 7) is 2.20. The van der Waals surface area contributed by atoms with Crippen molar-refractivity contribution in [3.05, 3.63) is 46.5 Å². The quantitative estimate of drug-likeness (QED) is 0.378. The summed E-state index contributed by atoms with van der Waals surface area (Å²) >= 11 is 0. The molecule has 0 aliphatic heterocycles. The first-order valence-electron chi connectivity index (χ1n) is 9.78. The summed E-state index contributed by atoms with van der Waals surface area (Å²) in [6.07, 6.45) is 12.7. The second-order valence-corrected chi connectivity index (χ2v) is 6.67. The SMILES string of the molecule is CCCCC#CCCCCCCCCc1cc2ccccc2c(=O)o1. The smallest absolute Gasteiger partial charge is 0.343 e. The van der Waals surface area contributed by atoms with Gasteiger partial charge in [0, 0.05) is 19.3 Å². The summed E-state index contributed by atoms with van der Waals surface area (Å²) in [6, 6.07) is 9.63. The van der Waals surface area contributed by atoms with Crippen LogP contribution in [-0.4, -0.2) is 0 Å². The molecule has 0 N–H and O–H groups in total. The first-order chi connectivity index (χ1) is 12.3. The maximum absolute atomic E-state index is 11.9. The van der Waals surface area contributed by atoms with Gasteiger partial charge in [-0.25, -0.2) is 4.79 Å². The van der Waals surface area contributed by atoms with Gasteiger partial charge in [0.05, 0.1) is 5.39 Å². The van der Waals surface area contributed by atoms with Crippen molar-refractivity contribution >= 4 is 10.8 Å². The minimum Gasteiger partial charge on any atom is -0.427 e. The molecule has 2 heteroatoms. The first kappa shape index (κ1) is 19.3. The number of aryl methyl sites for hydroxylation is 1. The topological polar surface area (TPSA) is 30.2 Å². The van der Waals surface area contributed by atoms with Gasteiger partial charge in [0.2, 0.25) is 0 Å². The van der Waals surface area contributed by atoms with E-state index in [0.717, 1.165) is 36.8 Å². The number of fused-ring (bicyclic) bond motifs is 1. The number of unbranched alkanes of at least 4 members (excludes halogenated alkanes) is 8. The Morgan fingerprint density at radius 2 is 1.56 bits per heavy atom. The van der Waals surface area contributed by atoms with Gasteiger partial charge >= 0.3 is 5.63 Å². The highest BCUT2D eigenvalue weighted by Crippen LogP contribution is 2.14. The highest BCUT2D eigenvalue weighted by molar-refractivity contribution is 5.81. The molecule has 25 heavy (non-hydrogen) atoms. The lowest BCUT2D eigenvalue weighted by Gasteiger charge is -2.03. The maximum Gasteiger partial charge on any atom is 0.343 e. The number of hydrogen-bond acceptors (Lipinski definition) is 2. The average molecular weight is 338 g/mol. The molecule has 1 aromatic carbocycles. The Morgan fingerprint density at radius 3 is 2.36 bits per heavy atom. The Labute approximate surface area is 151 Å². The Bertz CT molecular complexity index is 746. The third-order valence-corrected chi connectivity index (χ3v) is 4.48. The third-order valence-electron chi connectivity index (χ3n) is 4.48. The van der Waals surface area contributed by atoms with Gasteiger partial charge in [-0.2, -0.15) is 0 Å². The van der Waals surface area contributed by atoms with E-state index in [-0.39, 0.29) is 5.63 Å². The zero-order valence-corrected chi connectivity index (χ0v) is 15.5. The molecule has 134 valence electrons. The van der Waals surface area contributed by atoms with E-state index in [1.165, 1.54) is 44.9 Å². The lowest BCUT2D eigenvalue weighted by atomic mass is 10.1. The normalized spacial score (nSPS) is 10.6. The Kier molecular flexibility index (Phi) is 8.91. The van der Waals surface area contributed by atoms with Crippen LogP contribution >= 0.6 is 0 Å². The minimum atomic E-state index is -0.215. The molecule has 0 radical (unpaired) electrons. The zero-order chi connectivity index (χ0) is 17.7. The minimum absolute atomic E-state index is 0.215. The predicted molar refractivity (Wildman–Crippen MR) is 106 cm³/mol. The van der Waals surface area contributed by atoms with Crippen LogP contribution in [0.1, 0.15) is 76.9 Å². The zero-order valence-electron chi connectivity index (χ0n) is 15.5. The molecule has 0 unspecified atom stereocenters. The summed E-state index contributed by atoms with van der Waals surface area (Å²) in [5.74, 6) is 7.33. The Hall–Kier alpha value is -2.01. The molecular formula is C23H30O2. The number of rotatable bonds is 10. The van der Waals surface area contributed by atoms with E-state index >= 15 is 0 Å². The van der Waals surface area contributed by atoms with Crippen LogP contribution in [-0.2, 0) is 6.42 Å². The number of hydrogen-bond donors (Lipinski definition) is 0. The third kappa shape index (κ3) is 7.18. The van der Waals surface area contributed by atoms with E-state index in [1.807, 2.05) is 30.3 Å². The van der Waals surface area contributed by atoms with E-state index in [9.17, 15) is 4.79 Å². The molecule has 0 atom stereocenters. The fourth-order valence-electron chi connectivity index (χ4n) is 2.97. The summed E-state index contributed by atoms with van der Waals surface area (Å²) in [5.41, 5.74) is -0.215. The van der Waals surface area contributed by atoms with E-state index < -0.39 is 0 Å². The molecule has 0 fully saturated rings. The van der Waals surface area contributed by atoms with Gasteiger partial charge < -0.3 is 4.42 Å². The van der Waals surface area contributed by atoms with Crippen LogP contribution in [0.5, 0.6) is 0 Å². The van der Waals surface area contributed by atoms with Crippen molar-refractivity contribution in [3.63, 3.8) is 0 Å². The van der Waals surface area contributed by atoms with E-state index in [1.54, 1.807) is 0 Å². The molecule has 0 spiro atoms. The van der Waals surface area contributed by atoms with Gasteiger partial charge in [-0.15, -0.1) is 11.8 Å². The molecule has 2 aromatic rings. The Morgan fingerprint density at radius 1 is 0.880 bits per heavy atom. The van der Waals surface area contributed by atoms with Crippen molar-refractivity contribution in [1.82, 2.24) is 0 Å². The fourth-order valence-corrected chi connectivity index (χ4v) is 2.97. The molecule has 0 amide bonds. The maximum atomic E-state index is 11.9. The fraction of sp³-hybridized carbons (Fsp3) is 0.522. The van der Waals surface area contributed by atoms with Crippen molar-refractivity contribution in [1.29, 1.82) is 0 Å². The molecule has 0 saturated carbocycles. The van der Waals surface area contributed by atoms with Crippen LogP contribution in [0.15, 0.2) is 39.5 Å². The predicted octanol–water partition coefficient (Wildman–Crippen LogP) is 6.26. The molecule has 0 aliphatic carbocycles. The highest BCUT2D eigenvalue weighted by Gasteiger charge is 2.03. The van der Waals surface area contributed by atoms with E-state index in [4.69, 9.17) is 4.42 Å². The summed E-state index contributed by atoms with van der Waals surface area (Å²) in [4.78, 5) is 11.9. The number of benzene rings is 1. The molecular weight excluding hydrogens is 308 g/mol. The van der Waals surface area contributed by atoms with Crippen molar-refractivity contribution in [2.24, 2.45) is 0 Å². The summed E-state index contributed by atoms with van der Waals surface area (Å²) in [7, 11) is 0. The second-order valence-electron chi connectivity index (χ2n) is 6.67. The molecule has 0 bridgehead atoms. The summed E-state index contributed by atoms with van der Waals surface area (Å²) < 4.78 is 5.42. The van der Waals surface area contributed by atoms with Gasteiger partial charge in [-0.3, -0.25) is 0 Å². The van der Waals surface area contributed by atoms with Crippen molar-refractivity contribution in [3.8, 4) is 11.8 Å². The molecule has 0 aliphatic rings.